The van der Waals surface area contributed by atoms with Crippen molar-refractivity contribution < 1.29 is 9.59 Å². The van der Waals surface area contributed by atoms with Crippen LogP contribution in [0.5, 0.6) is 0 Å². The SMILES string of the molecule is CN(C)C(=O)CN(C)C(=O)C(C)(C)N. The third-order valence-corrected chi connectivity index (χ3v) is 1.77. The van der Waals surface area contributed by atoms with Gasteiger partial charge in [-0.05, 0) is 13.8 Å². The van der Waals surface area contributed by atoms with Gasteiger partial charge in [0.05, 0.1) is 12.1 Å². The molecule has 0 bridgehead atoms. The second-order valence-electron chi connectivity index (χ2n) is 4.17. The molecule has 0 radical (unpaired) electrons. The van der Waals surface area contributed by atoms with E-state index in [9.17, 15) is 9.59 Å². The third-order valence-electron chi connectivity index (χ3n) is 1.77. The van der Waals surface area contributed by atoms with Gasteiger partial charge < -0.3 is 15.5 Å². The molecule has 0 aromatic carbocycles. The summed E-state index contributed by atoms with van der Waals surface area (Å²) >= 11 is 0. The summed E-state index contributed by atoms with van der Waals surface area (Å²) in [6.07, 6.45) is 0. The van der Waals surface area contributed by atoms with E-state index in [1.54, 1.807) is 35.0 Å². The average molecular weight is 201 g/mol. The number of carbonyl (C=O) groups is 2. The van der Waals surface area contributed by atoms with Gasteiger partial charge in [-0.2, -0.15) is 0 Å². The maximum absolute atomic E-state index is 11.6. The summed E-state index contributed by atoms with van der Waals surface area (Å²) in [5.41, 5.74) is 4.69. The van der Waals surface area contributed by atoms with Crippen LogP contribution in [0.1, 0.15) is 13.8 Å². The molecule has 0 saturated heterocycles. The third kappa shape index (κ3) is 3.74. The van der Waals surface area contributed by atoms with Gasteiger partial charge in [-0.25, -0.2) is 0 Å². The van der Waals surface area contributed by atoms with Crippen LogP contribution in [-0.2, 0) is 9.59 Å². The second kappa shape index (κ2) is 4.41. The van der Waals surface area contributed by atoms with Gasteiger partial charge in [0.1, 0.15) is 0 Å². The minimum atomic E-state index is -0.929. The first kappa shape index (κ1) is 12.9. The average Bonchev–Trinajstić information content (AvgIpc) is 2.00. The Balaban J connectivity index is 4.30. The minimum absolute atomic E-state index is 0.0620. The molecule has 0 aliphatic heterocycles. The molecule has 2 amide bonds. The molecule has 0 spiro atoms. The predicted octanol–water partition coefficient (Wildman–Crippen LogP) is -0.730. The number of amides is 2. The summed E-state index contributed by atoms with van der Waals surface area (Å²) in [5.74, 6) is -0.363. The molecule has 0 rings (SSSR count). The second-order valence-corrected chi connectivity index (χ2v) is 4.17. The molecule has 0 atom stereocenters. The van der Waals surface area contributed by atoms with Crippen molar-refractivity contribution >= 4 is 11.8 Å². The Morgan fingerprint density at radius 3 is 1.93 bits per heavy atom. The smallest absolute Gasteiger partial charge is 0.242 e. The highest BCUT2D eigenvalue weighted by molar-refractivity contribution is 5.89. The number of hydrogen-bond acceptors (Lipinski definition) is 3. The van der Waals surface area contributed by atoms with Gasteiger partial charge in [-0.1, -0.05) is 0 Å². The molecule has 0 aliphatic rings. The topological polar surface area (TPSA) is 66.6 Å². The number of likely N-dealkylation sites (N-methyl/N-ethyl adjacent to an activating group) is 2. The first-order chi connectivity index (χ1) is 6.16. The van der Waals surface area contributed by atoms with E-state index in [0.717, 1.165) is 0 Å². The first-order valence-electron chi connectivity index (χ1n) is 4.41. The van der Waals surface area contributed by atoms with Crippen LogP contribution < -0.4 is 5.73 Å². The van der Waals surface area contributed by atoms with Crippen molar-refractivity contribution in [3.63, 3.8) is 0 Å². The Kier molecular flexibility index (Phi) is 4.07. The van der Waals surface area contributed by atoms with E-state index >= 15 is 0 Å². The molecule has 0 saturated carbocycles. The van der Waals surface area contributed by atoms with Crippen molar-refractivity contribution in [1.82, 2.24) is 9.80 Å². The number of nitrogens with two attached hydrogens (primary N) is 1. The zero-order chi connectivity index (χ0) is 11.5. The lowest BCUT2D eigenvalue weighted by Gasteiger charge is -2.26. The van der Waals surface area contributed by atoms with E-state index in [-0.39, 0.29) is 18.4 Å². The molecule has 0 heterocycles. The Morgan fingerprint density at radius 1 is 1.21 bits per heavy atom. The normalized spacial score (nSPS) is 11.0. The number of nitrogens with zero attached hydrogens (tertiary/aromatic N) is 2. The zero-order valence-electron chi connectivity index (χ0n) is 9.50. The summed E-state index contributed by atoms with van der Waals surface area (Å²) in [7, 11) is 4.86. The highest BCUT2D eigenvalue weighted by Gasteiger charge is 2.26. The van der Waals surface area contributed by atoms with E-state index in [0.29, 0.717) is 0 Å². The lowest BCUT2D eigenvalue weighted by atomic mass is 10.1. The van der Waals surface area contributed by atoms with Crippen molar-refractivity contribution in [2.45, 2.75) is 19.4 Å². The molecule has 2 N–H and O–H groups in total. The lowest BCUT2D eigenvalue weighted by molar-refractivity contribution is -0.140. The molecule has 0 aromatic heterocycles. The monoisotopic (exact) mass is 201 g/mol. The lowest BCUT2D eigenvalue weighted by Crippen LogP contribution is -2.51. The number of rotatable bonds is 3. The van der Waals surface area contributed by atoms with E-state index in [1.807, 2.05) is 0 Å². The Hall–Kier alpha value is -1.10. The minimum Gasteiger partial charge on any atom is -0.347 e. The van der Waals surface area contributed by atoms with Crippen LogP contribution in [0.4, 0.5) is 0 Å². The summed E-state index contributed by atoms with van der Waals surface area (Å²) < 4.78 is 0. The molecule has 0 aromatic rings. The van der Waals surface area contributed by atoms with Gasteiger partial charge in [-0.3, -0.25) is 9.59 Å². The Bertz CT molecular complexity index is 231. The summed E-state index contributed by atoms with van der Waals surface area (Å²) in [6.45, 7) is 3.30. The molecule has 0 fully saturated rings. The quantitative estimate of drug-likeness (QED) is 0.654. The molecular formula is C9H19N3O2. The van der Waals surface area contributed by atoms with Crippen molar-refractivity contribution in [2.75, 3.05) is 27.7 Å². The van der Waals surface area contributed by atoms with Crippen molar-refractivity contribution in [3.8, 4) is 0 Å². The zero-order valence-corrected chi connectivity index (χ0v) is 9.50. The molecule has 0 aliphatic carbocycles. The van der Waals surface area contributed by atoms with Crippen LogP contribution in [0, 0.1) is 0 Å². The number of carbonyl (C=O) groups excluding carboxylic acids is 2. The van der Waals surface area contributed by atoms with E-state index in [2.05, 4.69) is 0 Å². The molecular weight excluding hydrogens is 182 g/mol. The Morgan fingerprint density at radius 2 is 1.64 bits per heavy atom. The van der Waals surface area contributed by atoms with Gasteiger partial charge in [0, 0.05) is 21.1 Å². The fourth-order valence-electron chi connectivity index (χ4n) is 0.908. The number of hydrogen-bond donors (Lipinski definition) is 1. The van der Waals surface area contributed by atoms with Crippen LogP contribution in [0.25, 0.3) is 0 Å². The molecule has 82 valence electrons. The van der Waals surface area contributed by atoms with Gasteiger partial charge in [-0.15, -0.1) is 0 Å². The standard InChI is InChI=1S/C9H19N3O2/c1-9(2,10)8(14)12(5)6-7(13)11(3)4/h6,10H2,1-5H3. The maximum atomic E-state index is 11.6. The van der Waals surface area contributed by atoms with Crippen LogP contribution >= 0.6 is 0 Å². The van der Waals surface area contributed by atoms with E-state index < -0.39 is 5.54 Å². The van der Waals surface area contributed by atoms with Crippen LogP contribution in [0.3, 0.4) is 0 Å². The highest BCUT2D eigenvalue weighted by Crippen LogP contribution is 2.02. The summed E-state index contributed by atoms with van der Waals surface area (Å²) in [4.78, 5) is 25.6. The maximum Gasteiger partial charge on any atom is 0.242 e. The Labute approximate surface area is 84.8 Å². The molecule has 5 nitrogen and oxygen atoms in total. The van der Waals surface area contributed by atoms with Crippen LogP contribution in [0.2, 0.25) is 0 Å². The van der Waals surface area contributed by atoms with Crippen LogP contribution in [0.15, 0.2) is 0 Å². The van der Waals surface area contributed by atoms with Gasteiger partial charge in [0.25, 0.3) is 0 Å². The van der Waals surface area contributed by atoms with Gasteiger partial charge in [0.15, 0.2) is 0 Å². The van der Waals surface area contributed by atoms with Crippen molar-refractivity contribution in [2.24, 2.45) is 5.73 Å². The molecule has 0 unspecified atom stereocenters. The van der Waals surface area contributed by atoms with E-state index in [4.69, 9.17) is 5.73 Å². The largest absolute Gasteiger partial charge is 0.347 e. The summed E-state index contributed by atoms with van der Waals surface area (Å²) in [5, 5.41) is 0. The van der Waals surface area contributed by atoms with Crippen molar-refractivity contribution in [1.29, 1.82) is 0 Å². The van der Waals surface area contributed by atoms with E-state index in [1.165, 1.54) is 9.80 Å². The fourth-order valence-corrected chi connectivity index (χ4v) is 0.908. The molecule has 14 heavy (non-hydrogen) atoms. The van der Waals surface area contributed by atoms with Gasteiger partial charge >= 0.3 is 0 Å². The fraction of sp³-hybridized carbons (Fsp3) is 0.778. The summed E-state index contributed by atoms with van der Waals surface area (Å²) in [6, 6.07) is 0. The van der Waals surface area contributed by atoms with Gasteiger partial charge in [0.2, 0.25) is 11.8 Å². The van der Waals surface area contributed by atoms with Crippen molar-refractivity contribution in [3.05, 3.63) is 0 Å². The first-order valence-corrected chi connectivity index (χ1v) is 4.41. The molecule has 5 heteroatoms. The highest BCUT2D eigenvalue weighted by atomic mass is 16.2. The predicted molar refractivity (Wildman–Crippen MR) is 54.6 cm³/mol. The van der Waals surface area contributed by atoms with Crippen LogP contribution in [-0.4, -0.2) is 54.8 Å².